The molecular weight excluding hydrogens is 588 g/mol. The first-order chi connectivity index (χ1) is 22.0. The molecule has 0 aliphatic rings. The minimum atomic E-state index is -0.458. The van der Waals surface area contributed by atoms with E-state index in [1.807, 2.05) is 6.92 Å². The first-order valence-electron chi connectivity index (χ1n) is 18.9. The number of aromatic nitrogens is 2. The molecule has 0 bridgehead atoms. The largest absolute Gasteiger partial charge is 0.494 e. The van der Waals surface area contributed by atoms with Crippen LogP contribution < -0.4 is 4.84 Å². The predicted molar refractivity (Wildman–Crippen MR) is 196 cm³/mol. The Labute approximate surface area is 287 Å². The van der Waals surface area contributed by atoms with Gasteiger partial charge in [-0.2, -0.15) is 0 Å². The zero-order valence-electron chi connectivity index (χ0n) is 32.7. The van der Waals surface area contributed by atoms with Gasteiger partial charge in [0, 0.05) is 34.7 Å². The fourth-order valence-electron chi connectivity index (χ4n) is 9.37. The molecule has 0 aromatic carbocycles. The molecule has 7 heteroatoms. The summed E-state index contributed by atoms with van der Waals surface area (Å²) in [6.07, 6.45) is 8.99. The van der Waals surface area contributed by atoms with E-state index in [-0.39, 0.29) is 45.7 Å². The number of hydrogen-bond donors (Lipinski definition) is 4. The van der Waals surface area contributed by atoms with Crippen molar-refractivity contribution in [1.82, 2.24) is 9.30 Å². The van der Waals surface area contributed by atoms with Crippen LogP contribution in [0.5, 0.6) is 23.5 Å². The highest BCUT2D eigenvalue weighted by atomic mass is 16.7. The van der Waals surface area contributed by atoms with Gasteiger partial charge in [-0.05, 0) is 85.9 Å². The van der Waals surface area contributed by atoms with Crippen molar-refractivity contribution >= 4 is 0 Å². The van der Waals surface area contributed by atoms with E-state index < -0.39 is 5.41 Å². The molecule has 0 saturated heterocycles. The zero-order chi connectivity index (χ0) is 36.1. The van der Waals surface area contributed by atoms with Crippen LogP contribution in [0, 0.1) is 22.7 Å². The predicted octanol–water partition coefficient (Wildman–Crippen LogP) is 10.3. The SMILES string of the molecule is CCCOn1c(O)c(CC(C)C(CC)(CC)C(CC)(CC)c2c(CC(C)C(C)(CC)CC)c(O)n(C)c2O)c(C(C)(CC)CC)c1O. The summed E-state index contributed by atoms with van der Waals surface area (Å²) in [6, 6.07) is 0. The maximum atomic E-state index is 11.9. The highest BCUT2D eigenvalue weighted by Gasteiger charge is 2.54. The molecule has 2 atom stereocenters. The molecule has 7 nitrogen and oxygen atoms in total. The molecule has 47 heavy (non-hydrogen) atoms. The smallest absolute Gasteiger partial charge is 0.233 e. The Balaban J connectivity index is 2.93. The molecule has 2 aromatic heterocycles. The molecule has 2 unspecified atom stereocenters. The van der Waals surface area contributed by atoms with Gasteiger partial charge >= 0.3 is 0 Å². The van der Waals surface area contributed by atoms with E-state index in [1.54, 1.807) is 11.6 Å². The molecule has 0 aliphatic carbocycles. The van der Waals surface area contributed by atoms with E-state index in [0.29, 0.717) is 25.4 Å². The van der Waals surface area contributed by atoms with Gasteiger partial charge in [-0.3, -0.25) is 4.57 Å². The average Bonchev–Trinajstić information content (AvgIpc) is 3.44. The number of rotatable bonds is 20. The van der Waals surface area contributed by atoms with Crippen LogP contribution in [-0.2, 0) is 30.7 Å². The first kappa shape index (κ1) is 40.7. The Morgan fingerprint density at radius 1 is 0.596 bits per heavy atom. The molecule has 4 N–H and O–H groups in total. The van der Waals surface area contributed by atoms with E-state index in [0.717, 1.165) is 80.0 Å². The summed E-state index contributed by atoms with van der Waals surface area (Å²) >= 11 is 0. The highest BCUT2D eigenvalue weighted by Crippen LogP contribution is 2.61. The van der Waals surface area contributed by atoms with Crippen molar-refractivity contribution in [1.29, 1.82) is 0 Å². The molecule has 2 rings (SSSR count). The fourth-order valence-corrected chi connectivity index (χ4v) is 9.37. The molecule has 0 saturated carbocycles. The molecular formula is C40H72N2O5. The van der Waals surface area contributed by atoms with Crippen LogP contribution in [0.25, 0.3) is 0 Å². The van der Waals surface area contributed by atoms with E-state index >= 15 is 0 Å². The van der Waals surface area contributed by atoms with Crippen LogP contribution >= 0.6 is 0 Å². The maximum absolute atomic E-state index is 11.9. The van der Waals surface area contributed by atoms with Gasteiger partial charge in [-0.25, -0.2) is 0 Å². The first-order valence-corrected chi connectivity index (χ1v) is 18.9. The molecule has 0 spiro atoms. The maximum Gasteiger partial charge on any atom is 0.233 e. The lowest BCUT2D eigenvalue weighted by molar-refractivity contribution is 0.0229. The number of aromatic hydroxyl groups is 4. The van der Waals surface area contributed by atoms with Crippen molar-refractivity contribution in [2.75, 3.05) is 6.61 Å². The van der Waals surface area contributed by atoms with Gasteiger partial charge in [0.2, 0.25) is 11.8 Å². The van der Waals surface area contributed by atoms with Gasteiger partial charge in [-0.1, -0.05) is 103 Å². The molecule has 2 aromatic rings. The summed E-state index contributed by atoms with van der Waals surface area (Å²) in [6.45, 7) is 29.2. The van der Waals surface area contributed by atoms with Gasteiger partial charge < -0.3 is 25.3 Å². The van der Waals surface area contributed by atoms with Crippen molar-refractivity contribution in [2.24, 2.45) is 29.7 Å². The minimum absolute atomic E-state index is 0.00279. The summed E-state index contributed by atoms with van der Waals surface area (Å²) in [4.78, 5) is 5.90. The van der Waals surface area contributed by atoms with Crippen LogP contribution in [0.1, 0.15) is 170 Å². The molecule has 272 valence electrons. The summed E-state index contributed by atoms with van der Waals surface area (Å²) in [5, 5.41) is 46.9. The van der Waals surface area contributed by atoms with Gasteiger partial charge in [-0.15, -0.1) is 4.73 Å². The van der Waals surface area contributed by atoms with Crippen LogP contribution in [0.2, 0.25) is 0 Å². The van der Waals surface area contributed by atoms with Gasteiger partial charge in [0.05, 0.1) is 0 Å². The Morgan fingerprint density at radius 2 is 1.09 bits per heavy atom. The van der Waals surface area contributed by atoms with Crippen LogP contribution in [-0.4, -0.2) is 36.3 Å². The summed E-state index contributed by atoms with van der Waals surface area (Å²) in [5.41, 5.74) is 2.30. The molecule has 0 fully saturated rings. The van der Waals surface area contributed by atoms with Crippen molar-refractivity contribution in [2.45, 2.75) is 171 Å². The van der Waals surface area contributed by atoms with E-state index in [9.17, 15) is 20.4 Å². The topological polar surface area (TPSA) is 100 Å². The summed E-state index contributed by atoms with van der Waals surface area (Å²) in [5.74, 6) is 0.652. The van der Waals surface area contributed by atoms with E-state index in [2.05, 4.69) is 83.1 Å². The number of nitrogens with zero attached hydrogens (tertiary/aromatic N) is 2. The van der Waals surface area contributed by atoms with Gasteiger partial charge in [0.25, 0.3) is 0 Å². The quantitative estimate of drug-likeness (QED) is 0.113. The van der Waals surface area contributed by atoms with Crippen LogP contribution in [0.4, 0.5) is 0 Å². The molecule has 0 amide bonds. The number of hydrogen-bond acceptors (Lipinski definition) is 5. The van der Waals surface area contributed by atoms with Gasteiger partial charge in [0.1, 0.15) is 6.61 Å². The molecule has 0 radical (unpaired) electrons. The minimum Gasteiger partial charge on any atom is -0.494 e. The fraction of sp³-hybridized carbons (Fsp3) is 0.800. The lowest BCUT2D eigenvalue weighted by atomic mass is 9.49. The molecule has 2 heterocycles. The third-order valence-electron chi connectivity index (χ3n) is 13.9. The molecule has 0 aliphatic heterocycles. The van der Waals surface area contributed by atoms with E-state index in [4.69, 9.17) is 4.84 Å². The van der Waals surface area contributed by atoms with Crippen molar-refractivity contribution < 1.29 is 25.3 Å². The van der Waals surface area contributed by atoms with Crippen molar-refractivity contribution in [3.05, 3.63) is 22.3 Å². The summed E-state index contributed by atoms with van der Waals surface area (Å²) in [7, 11) is 1.77. The van der Waals surface area contributed by atoms with Crippen molar-refractivity contribution in [3.63, 3.8) is 0 Å². The lowest BCUT2D eigenvalue weighted by Crippen LogP contribution is -2.50. The third-order valence-corrected chi connectivity index (χ3v) is 13.9. The standard InChI is InChI=1S/C40H72N2O5/c1-15-24-47-42-34(44)29(31(36(42)46)38(13,18-4)19-5)26-28(11)39(20-6,21-7)40(22-8,23-9)32-30(33(43)41(14)35(32)45)25-27(10)37(12,16-2)17-3/h27-28,43-46H,15-26H2,1-14H3. The average molecular weight is 661 g/mol. The summed E-state index contributed by atoms with van der Waals surface area (Å²) < 4.78 is 2.82. The lowest BCUT2D eigenvalue weighted by Gasteiger charge is -2.54. The third kappa shape index (κ3) is 6.63. The highest BCUT2D eigenvalue weighted by molar-refractivity contribution is 5.53. The second-order valence-corrected chi connectivity index (χ2v) is 15.2. The normalized spacial score (nSPS) is 14.5. The van der Waals surface area contributed by atoms with E-state index in [1.165, 1.54) is 4.73 Å². The monoisotopic (exact) mass is 661 g/mol. The second-order valence-electron chi connectivity index (χ2n) is 15.2. The zero-order valence-corrected chi connectivity index (χ0v) is 32.7. The Hall–Kier alpha value is -2.44. The Bertz CT molecular complexity index is 1290. The second kappa shape index (κ2) is 15.8. The Morgan fingerprint density at radius 3 is 1.51 bits per heavy atom. The Kier molecular flexibility index (Phi) is 13.7. The van der Waals surface area contributed by atoms with Crippen molar-refractivity contribution in [3.8, 4) is 23.5 Å². The van der Waals surface area contributed by atoms with Gasteiger partial charge in [0.15, 0.2) is 11.8 Å². The van der Waals surface area contributed by atoms with Crippen LogP contribution in [0.3, 0.4) is 0 Å². The van der Waals surface area contributed by atoms with Crippen LogP contribution in [0.15, 0.2) is 0 Å².